The molecule has 0 bridgehead atoms. The number of non-ortho nitro benzene ring substituents is 1. The maximum absolute atomic E-state index is 13.5. The zero-order valence-corrected chi connectivity index (χ0v) is 13.0. The Bertz CT molecular complexity index is 984. The third-order valence-corrected chi connectivity index (χ3v) is 3.39. The van der Waals surface area contributed by atoms with Crippen LogP contribution in [0, 0.1) is 31.6 Å². The highest BCUT2D eigenvalue weighted by Crippen LogP contribution is 2.46. The van der Waals surface area contributed by atoms with Gasteiger partial charge in [0.15, 0.2) is 0 Å². The molecule has 0 saturated carbocycles. The van der Waals surface area contributed by atoms with Crippen molar-refractivity contribution in [2.24, 2.45) is 0 Å². The third kappa shape index (κ3) is 3.82. The zero-order valence-electron chi connectivity index (χ0n) is 13.0. The van der Waals surface area contributed by atoms with Crippen LogP contribution in [0.1, 0.15) is 11.1 Å². The van der Waals surface area contributed by atoms with E-state index in [1.54, 1.807) is 6.07 Å². The van der Waals surface area contributed by atoms with Crippen LogP contribution >= 0.6 is 0 Å². The zero-order chi connectivity index (χ0) is 20.4. The van der Waals surface area contributed by atoms with Gasteiger partial charge in [0, 0.05) is 6.07 Å². The maximum Gasteiger partial charge on any atom is 0.418 e. The Hall–Kier alpha value is -4.01. The van der Waals surface area contributed by atoms with Gasteiger partial charge in [0.25, 0.3) is 5.69 Å². The molecule has 2 rings (SSSR count). The Kier molecular flexibility index (Phi) is 5.07. The molecule has 0 fully saturated rings. The number of hydrogen-bond donors (Lipinski definition) is 0. The Morgan fingerprint density at radius 1 is 1.11 bits per heavy atom. The molecule has 2 aromatic rings. The van der Waals surface area contributed by atoms with Crippen LogP contribution in [0.4, 0.5) is 35.9 Å². The van der Waals surface area contributed by atoms with Crippen LogP contribution in [0.2, 0.25) is 0 Å². The van der Waals surface area contributed by atoms with Gasteiger partial charge in [-0.15, -0.1) is 0 Å². The van der Waals surface area contributed by atoms with Crippen molar-refractivity contribution in [2.45, 2.75) is 6.18 Å². The van der Waals surface area contributed by atoms with Crippen molar-refractivity contribution < 1.29 is 27.8 Å². The van der Waals surface area contributed by atoms with E-state index in [1.807, 2.05) is 0 Å². The molecule has 0 N–H and O–H groups in total. The minimum Gasteiger partial charge on any atom is -0.278 e. The predicted octanol–water partition coefficient (Wildman–Crippen LogP) is 3.69. The largest absolute Gasteiger partial charge is 0.418 e. The van der Waals surface area contributed by atoms with Crippen LogP contribution < -0.4 is 4.90 Å². The Morgan fingerprint density at radius 2 is 1.78 bits per heavy atom. The summed E-state index contributed by atoms with van der Waals surface area (Å²) < 4.78 is 40.4. The van der Waals surface area contributed by atoms with E-state index in [1.165, 1.54) is 12.1 Å². The van der Waals surface area contributed by atoms with Crippen LogP contribution in [0.25, 0.3) is 0 Å². The molecule has 0 spiro atoms. The molecule has 0 saturated heterocycles. The van der Waals surface area contributed by atoms with Gasteiger partial charge >= 0.3 is 11.9 Å². The van der Waals surface area contributed by atoms with E-state index in [2.05, 4.69) is 0 Å². The lowest BCUT2D eigenvalue weighted by atomic mass is 10.1. The summed E-state index contributed by atoms with van der Waals surface area (Å²) in [6.07, 6.45) is -5.35. The number of carbonyl (C=O) groups is 1. The number of benzene rings is 2. The minimum absolute atomic E-state index is 0.0162. The van der Waals surface area contributed by atoms with Gasteiger partial charge in [-0.25, -0.2) is 0 Å². The molecule has 0 atom stereocenters. The molecule has 1 amide bonds. The molecule has 2 aromatic carbocycles. The van der Waals surface area contributed by atoms with E-state index in [0.29, 0.717) is 11.0 Å². The summed E-state index contributed by atoms with van der Waals surface area (Å²) in [4.78, 5) is 31.5. The molecule has 0 radical (unpaired) electrons. The Labute approximate surface area is 148 Å². The van der Waals surface area contributed by atoms with Crippen LogP contribution in [0.3, 0.4) is 0 Å². The van der Waals surface area contributed by atoms with Crippen LogP contribution in [0.5, 0.6) is 0 Å². The fourth-order valence-corrected chi connectivity index (χ4v) is 2.29. The fraction of sp³-hybridized carbons (Fsp3) is 0.0667. The number of nitrogens with zero attached hydrogens (tertiary/aromatic N) is 4. The van der Waals surface area contributed by atoms with E-state index in [4.69, 9.17) is 5.26 Å². The smallest absolute Gasteiger partial charge is 0.278 e. The van der Waals surface area contributed by atoms with Crippen molar-refractivity contribution in [1.29, 1.82) is 5.26 Å². The van der Waals surface area contributed by atoms with Gasteiger partial charge in [-0.1, -0.05) is 6.07 Å². The number of rotatable bonds is 5. The second-order valence-electron chi connectivity index (χ2n) is 5.01. The number of nitro groups is 2. The molecule has 0 aliphatic rings. The topological polar surface area (TPSA) is 130 Å². The highest BCUT2D eigenvalue weighted by atomic mass is 19.4. The summed E-state index contributed by atoms with van der Waals surface area (Å²) >= 11 is 0. The quantitative estimate of drug-likeness (QED) is 0.442. The number of nitriles is 1. The monoisotopic (exact) mass is 380 g/mol. The average Bonchev–Trinajstić information content (AvgIpc) is 2.61. The highest BCUT2D eigenvalue weighted by Gasteiger charge is 2.41. The molecule has 0 unspecified atom stereocenters. The maximum atomic E-state index is 13.5. The molecule has 0 heterocycles. The van der Waals surface area contributed by atoms with E-state index >= 15 is 0 Å². The third-order valence-electron chi connectivity index (χ3n) is 3.39. The standard InChI is InChI=1S/C15H7F3N4O5/c16-15(17,18)12-5-11(21(24)25)6-13(22(26)27)14(12)20(8-23)10-3-1-2-9(4-10)7-19/h1-6,8H. The first-order valence-corrected chi connectivity index (χ1v) is 6.89. The first kappa shape index (κ1) is 19.3. The lowest BCUT2D eigenvalue weighted by Gasteiger charge is -2.22. The molecular formula is C15H7F3N4O5. The molecule has 138 valence electrons. The summed E-state index contributed by atoms with van der Waals surface area (Å²) in [5.41, 5.74) is -5.65. The number of hydrogen-bond acceptors (Lipinski definition) is 6. The highest BCUT2D eigenvalue weighted by molar-refractivity contribution is 5.93. The van der Waals surface area contributed by atoms with Crippen LogP contribution in [-0.2, 0) is 11.0 Å². The summed E-state index contributed by atoms with van der Waals surface area (Å²) in [5.74, 6) is 0. The van der Waals surface area contributed by atoms with Gasteiger partial charge in [-0.05, 0) is 18.2 Å². The van der Waals surface area contributed by atoms with Gasteiger partial charge in [0.2, 0.25) is 6.41 Å². The van der Waals surface area contributed by atoms with Gasteiger partial charge in [0.1, 0.15) is 5.69 Å². The first-order valence-electron chi connectivity index (χ1n) is 6.89. The van der Waals surface area contributed by atoms with Crippen molar-refractivity contribution >= 4 is 29.2 Å². The van der Waals surface area contributed by atoms with Crippen molar-refractivity contribution in [1.82, 2.24) is 0 Å². The number of carbonyl (C=O) groups excluding carboxylic acids is 1. The number of amides is 1. The lowest BCUT2D eigenvalue weighted by Crippen LogP contribution is -2.21. The van der Waals surface area contributed by atoms with Gasteiger partial charge < -0.3 is 0 Å². The predicted molar refractivity (Wildman–Crippen MR) is 84.1 cm³/mol. The second-order valence-corrected chi connectivity index (χ2v) is 5.01. The number of anilines is 2. The van der Waals surface area contributed by atoms with E-state index < -0.39 is 38.6 Å². The SMILES string of the molecule is N#Cc1cccc(N(C=O)c2c([N+](=O)[O-])cc([N+](=O)[O-])cc2C(F)(F)F)c1. The van der Waals surface area contributed by atoms with Crippen LogP contribution in [0.15, 0.2) is 36.4 Å². The molecule has 12 heteroatoms. The number of halogens is 3. The summed E-state index contributed by atoms with van der Waals surface area (Å²) in [7, 11) is 0. The second kappa shape index (κ2) is 7.08. The van der Waals surface area contributed by atoms with Crippen molar-refractivity contribution in [3.63, 3.8) is 0 Å². The number of alkyl halides is 3. The van der Waals surface area contributed by atoms with E-state index in [0.717, 1.165) is 12.1 Å². The average molecular weight is 380 g/mol. The molecule has 0 aliphatic heterocycles. The van der Waals surface area contributed by atoms with Gasteiger partial charge in [-0.3, -0.25) is 29.9 Å². The lowest BCUT2D eigenvalue weighted by molar-refractivity contribution is -0.394. The molecule has 27 heavy (non-hydrogen) atoms. The van der Waals surface area contributed by atoms with Crippen molar-refractivity contribution in [3.8, 4) is 6.07 Å². The normalized spacial score (nSPS) is 10.7. The van der Waals surface area contributed by atoms with Crippen LogP contribution in [-0.4, -0.2) is 16.3 Å². The molecule has 0 aromatic heterocycles. The molecule has 9 nitrogen and oxygen atoms in total. The Morgan fingerprint density at radius 3 is 2.26 bits per heavy atom. The van der Waals surface area contributed by atoms with Gasteiger partial charge in [0.05, 0.1) is 38.8 Å². The van der Waals surface area contributed by atoms with Crippen molar-refractivity contribution in [3.05, 3.63) is 67.8 Å². The molecule has 0 aliphatic carbocycles. The summed E-state index contributed by atoms with van der Waals surface area (Å²) in [5, 5.41) is 31.0. The summed E-state index contributed by atoms with van der Waals surface area (Å²) in [6, 6.07) is 6.91. The molecular weight excluding hydrogens is 373 g/mol. The summed E-state index contributed by atoms with van der Waals surface area (Å²) in [6.45, 7) is 0. The fourth-order valence-electron chi connectivity index (χ4n) is 2.29. The van der Waals surface area contributed by atoms with E-state index in [-0.39, 0.29) is 23.7 Å². The van der Waals surface area contributed by atoms with Crippen molar-refractivity contribution in [2.75, 3.05) is 4.90 Å². The van der Waals surface area contributed by atoms with E-state index in [9.17, 15) is 38.2 Å². The van der Waals surface area contributed by atoms with Gasteiger partial charge in [-0.2, -0.15) is 18.4 Å². The first-order chi connectivity index (χ1) is 12.6. The Balaban J connectivity index is 2.90. The minimum atomic E-state index is -5.24. The number of nitro benzene ring substituents is 2.